The van der Waals surface area contributed by atoms with Gasteiger partial charge in [0.1, 0.15) is 5.01 Å². The van der Waals surface area contributed by atoms with Crippen molar-refractivity contribution >= 4 is 34.1 Å². The van der Waals surface area contributed by atoms with E-state index in [1.54, 1.807) is 0 Å². The number of nitrogens with zero attached hydrogens (tertiary/aromatic N) is 5. The van der Waals surface area contributed by atoms with Gasteiger partial charge in [-0.1, -0.05) is 84.1 Å². The van der Waals surface area contributed by atoms with Crippen LogP contribution in [0.3, 0.4) is 0 Å². The first-order valence-electron chi connectivity index (χ1n) is 9.91. The molecule has 0 aliphatic heterocycles. The van der Waals surface area contributed by atoms with Crippen LogP contribution in [0.25, 0.3) is 11.4 Å². The van der Waals surface area contributed by atoms with E-state index in [4.69, 9.17) is 0 Å². The fourth-order valence-corrected chi connectivity index (χ4v) is 4.47. The second kappa shape index (κ2) is 9.84. The molecule has 2 heterocycles. The SMILES string of the molecule is CCc1nnc(NC(=O)CSc2nnc(-c3cccc(C)c3)n2Cc2ccccc2)s1. The third-order valence-corrected chi connectivity index (χ3v) is 6.47. The summed E-state index contributed by atoms with van der Waals surface area (Å²) >= 11 is 2.75. The summed E-state index contributed by atoms with van der Waals surface area (Å²) in [4.78, 5) is 12.4. The van der Waals surface area contributed by atoms with E-state index in [1.807, 2.05) is 37.3 Å². The largest absolute Gasteiger partial charge is 0.300 e. The number of aromatic nitrogens is 5. The van der Waals surface area contributed by atoms with Crippen LogP contribution in [0.15, 0.2) is 59.8 Å². The minimum Gasteiger partial charge on any atom is -0.300 e. The zero-order valence-corrected chi connectivity index (χ0v) is 18.9. The van der Waals surface area contributed by atoms with Crippen molar-refractivity contribution in [1.82, 2.24) is 25.0 Å². The molecule has 0 unspecified atom stereocenters. The molecule has 0 aliphatic carbocycles. The molecule has 158 valence electrons. The number of anilines is 1. The molecular formula is C22H22N6OS2. The molecule has 0 radical (unpaired) electrons. The summed E-state index contributed by atoms with van der Waals surface area (Å²) in [6.07, 6.45) is 0.798. The van der Waals surface area contributed by atoms with E-state index in [9.17, 15) is 4.79 Å². The Labute approximate surface area is 189 Å². The maximum atomic E-state index is 12.4. The van der Waals surface area contributed by atoms with Gasteiger partial charge in [-0.15, -0.1) is 20.4 Å². The van der Waals surface area contributed by atoms with Gasteiger partial charge in [-0.25, -0.2) is 0 Å². The number of hydrogen-bond acceptors (Lipinski definition) is 7. The lowest BCUT2D eigenvalue weighted by Gasteiger charge is -2.11. The maximum Gasteiger partial charge on any atom is 0.236 e. The average Bonchev–Trinajstić information content (AvgIpc) is 3.40. The van der Waals surface area contributed by atoms with Crippen LogP contribution < -0.4 is 5.32 Å². The van der Waals surface area contributed by atoms with Crippen LogP contribution >= 0.6 is 23.1 Å². The summed E-state index contributed by atoms with van der Waals surface area (Å²) in [5.74, 6) is 0.851. The summed E-state index contributed by atoms with van der Waals surface area (Å²) in [6.45, 7) is 4.68. The molecule has 4 rings (SSSR count). The van der Waals surface area contributed by atoms with Crippen molar-refractivity contribution in [2.75, 3.05) is 11.1 Å². The van der Waals surface area contributed by atoms with Gasteiger partial charge in [-0.05, 0) is 25.0 Å². The Hall–Kier alpha value is -3.04. The monoisotopic (exact) mass is 450 g/mol. The highest BCUT2D eigenvalue weighted by molar-refractivity contribution is 7.99. The molecule has 2 aromatic carbocycles. The summed E-state index contributed by atoms with van der Waals surface area (Å²) in [5, 5.41) is 21.8. The summed E-state index contributed by atoms with van der Waals surface area (Å²) in [6, 6.07) is 18.3. The molecule has 1 amide bonds. The molecule has 0 atom stereocenters. The topological polar surface area (TPSA) is 85.6 Å². The molecule has 0 bridgehead atoms. The van der Waals surface area contributed by atoms with Crippen molar-refractivity contribution in [3.05, 3.63) is 70.7 Å². The van der Waals surface area contributed by atoms with E-state index in [0.29, 0.717) is 16.8 Å². The van der Waals surface area contributed by atoms with Gasteiger partial charge in [0.25, 0.3) is 0 Å². The molecule has 0 saturated heterocycles. The lowest BCUT2D eigenvalue weighted by Crippen LogP contribution is -2.14. The quantitative estimate of drug-likeness (QED) is 0.399. The van der Waals surface area contributed by atoms with Gasteiger partial charge in [0.15, 0.2) is 11.0 Å². The number of aryl methyl sites for hydroxylation is 2. The lowest BCUT2D eigenvalue weighted by molar-refractivity contribution is -0.113. The molecule has 7 nitrogen and oxygen atoms in total. The van der Waals surface area contributed by atoms with Crippen molar-refractivity contribution < 1.29 is 4.79 Å². The summed E-state index contributed by atoms with van der Waals surface area (Å²) in [7, 11) is 0. The third kappa shape index (κ3) is 5.36. The molecule has 0 saturated carbocycles. The number of thioether (sulfide) groups is 1. The predicted octanol–water partition coefficient (Wildman–Crippen LogP) is 4.45. The van der Waals surface area contributed by atoms with Gasteiger partial charge in [0.05, 0.1) is 12.3 Å². The van der Waals surface area contributed by atoms with Crippen molar-refractivity contribution in [2.24, 2.45) is 0 Å². The van der Waals surface area contributed by atoms with E-state index in [-0.39, 0.29) is 11.7 Å². The average molecular weight is 451 g/mol. The molecule has 2 aromatic heterocycles. The van der Waals surface area contributed by atoms with Crippen LogP contribution in [0.2, 0.25) is 0 Å². The second-order valence-electron chi connectivity index (χ2n) is 6.94. The smallest absolute Gasteiger partial charge is 0.236 e. The van der Waals surface area contributed by atoms with Crippen molar-refractivity contribution in [1.29, 1.82) is 0 Å². The second-order valence-corrected chi connectivity index (χ2v) is 8.94. The van der Waals surface area contributed by atoms with Crippen LogP contribution in [0.4, 0.5) is 5.13 Å². The number of rotatable bonds is 8. The third-order valence-electron chi connectivity index (χ3n) is 4.52. The Bertz CT molecular complexity index is 1170. The molecule has 1 N–H and O–H groups in total. The highest BCUT2D eigenvalue weighted by Crippen LogP contribution is 2.26. The molecular weight excluding hydrogens is 428 g/mol. The van der Waals surface area contributed by atoms with Gasteiger partial charge in [0, 0.05) is 5.56 Å². The molecule has 31 heavy (non-hydrogen) atoms. The summed E-state index contributed by atoms with van der Waals surface area (Å²) < 4.78 is 2.06. The highest BCUT2D eigenvalue weighted by atomic mass is 32.2. The van der Waals surface area contributed by atoms with Gasteiger partial charge in [0.2, 0.25) is 11.0 Å². The lowest BCUT2D eigenvalue weighted by atomic mass is 10.1. The van der Waals surface area contributed by atoms with Gasteiger partial charge in [-0.3, -0.25) is 14.7 Å². The van der Waals surface area contributed by atoms with Gasteiger partial charge >= 0.3 is 0 Å². The van der Waals surface area contributed by atoms with E-state index >= 15 is 0 Å². The standard InChI is InChI=1S/C22H22N6OS2/c1-3-19-24-26-21(31-19)23-18(29)14-30-22-27-25-20(17-11-7-8-15(2)12-17)28(22)13-16-9-5-4-6-10-16/h4-12H,3,13-14H2,1-2H3,(H,23,26,29). The molecule has 0 fully saturated rings. The first-order valence-corrected chi connectivity index (χ1v) is 11.7. The molecule has 9 heteroatoms. The van der Waals surface area contributed by atoms with Crippen LogP contribution in [0, 0.1) is 6.92 Å². The van der Waals surface area contributed by atoms with Crippen LogP contribution in [-0.2, 0) is 17.8 Å². The van der Waals surface area contributed by atoms with Crippen molar-refractivity contribution in [2.45, 2.75) is 32.0 Å². The number of amides is 1. The normalized spacial score (nSPS) is 10.9. The van der Waals surface area contributed by atoms with Crippen LogP contribution in [0.1, 0.15) is 23.1 Å². The highest BCUT2D eigenvalue weighted by Gasteiger charge is 2.17. The Balaban J connectivity index is 1.54. The number of hydrogen-bond donors (Lipinski definition) is 1. The molecule has 0 aliphatic rings. The number of nitrogens with one attached hydrogen (secondary N) is 1. The van der Waals surface area contributed by atoms with Gasteiger partial charge < -0.3 is 0 Å². The first-order chi connectivity index (χ1) is 15.1. The van der Waals surface area contributed by atoms with E-state index < -0.39 is 0 Å². The zero-order chi connectivity index (χ0) is 21.6. The number of carbonyl (C=O) groups excluding carboxylic acids is 1. The number of carbonyl (C=O) groups is 1. The van der Waals surface area contributed by atoms with Crippen LogP contribution in [0.5, 0.6) is 0 Å². The molecule has 0 spiro atoms. The predicted molar refractivity (Wildman–Crippen MR) is 124 cm³/mol. The van der Waals surface area contributed by atoms with E-state index in [2.05, 4.69) is 61.5 Å². The summed E-state index contributed by atoms with van der Waals surface area (Å²) in [5.41, 5.74) is 3.30. The minimum atomic E-state index is -0.143. The van der Waals surface area contributed by atoms with Gasteiger partial charge in [-0.2, -0.15) is 0 Å². The Kier molecular flexibility index (Phi) is 6.73. The van der Waals surface area contributed by atoms with Crippen molar-refractivity contribution in [3.8, 4) is 11.4 Å². The molecule has 4 aromatic rings. The maximum absolute atomic E-state index is 12.4. The van der Waals surface area contributed by atoms with E-state index in [0.717, 1.165) is 33.9 Å². The Morgan fingerprint density at radius 1 is 1.06 bits per heavy atom. The Morgan fingerprint density at radius 2 is 1.90 bits per heavy atom. The zero-order valence-electron chi connectivity index (χ0n) is 17.3. The Morgan fingerprint density at radius 3 is 2.65 bits per heavy atom. The first kappa shape index (κ1) is 21.2. The van der Waals surface area contributed by atoms with Crippen molar-refractivity contribution in [3.63, 3.8) is 0 Å². The van der Waals surface area contributed by atoms with Crippen LogP contribution in [-0.4, -0.2) is 36.6 Å². The fourth-order valence-electron chi connectivity index (χ4n) is 3.03. The number of benzene rings is 2. The minimum absolute atomic E-state index is 0.143. The fraction of sp³-hybridized carbons (Fsp3) is 0.227. The van der Waals surface area contributed by atoms with E-state index in [1.165, 1.54) is 23.1 Å².